The zero-order valence-electron chi connectivity index (χ0n) is 9.94. The summed E-state index contributed by atoms with van der Waals surface area (Å²) >= 11 is 5.91. The number of carbonyl (C=O) groups excluding carboxylic acids is 1. The molecule has 3 rings (SSSR count). The van der Waals surface area contributed by atoms with Crippen LogP contribution in [0.4, 0.5) is 11.5 Å². The number of halogens is 1. The van der Waals surface area contributed by atoms with Crippen LogP contribution in [0.25, 0.3) is 0 Å². The molecule has 0 unspecified atom stereocenters. The summed E-state index contributed by atoms with van der Waals surface area (Å²) in [6.45, 7) is 0. The van der Waals surface area contributed by atoms with E-state index in [1.165, 1.54) is 13.3 Å². The molecule has 1 N–H and O–H groups in total. The van der Waals surface area contributed by atoms with E-state index in [0.717, 1.165) is 5.69 Å². The van der Waals surface area contributed by atoms with E-state index in [1.807, 2.05) is 0 Å². The van der Waals surface area contributed by atoms with Crippen molar-refractivity contribution in [2.45, 2.75) is 0 Å². The maximum Gasteiger partial charge on any atom is 0.339 e. The highest BCUT2D eigenvalue weighted by molar-refractivity contribution is 6.31. The number of fused-ring (bicyclic) bond motifs is 2. The molecule has 6 heteroatoms. The third-order valence-electron chi connectivity index (χ3n) is 2.69. The molecule has 2 heterocycles. The molecule has 2 aromatic rings. The van der Waals surface area contributed by atoms with Crippen LogP contribution in [0, 0.1) is 0 Å². The van der Waals surface area contributed by atoms with Gasteiger partial charge in [0, 0.05) is 17.3 Å². The van der Waals surface area contributed by atoms with Gasteiger partial charge in [0.1, 0.15) is 0 Å². The third kappa shape index (κ3) is 2.08. The van der Waals surface area contributed by atoms with Crippen molar-refractivity contribution < 1.29 is 14.3 Å². The van der Waals surface area contributed by atoms with E-state index < -0.39 is 5.97 Å². The van der Waals surface area contributed by atoms with Crippen LogP contribution in [0.3, 0.4) is 0 Å². The highest BCUT2D eigenvalue weighted by atomic mass is 35.5. The van der Waals surface area contributed by atoms with Gasteiger partial charge in [-0.25, -0.2) is 9.78 Å². The van der Waals surface area contributed by atoms with Gasteiger partial charge in [0.15, 0.2) is 17.3 Å². The zero-order valence-corrected chi connectivity index (χ0v) is 10.7. The van der Waals surface area contributed by atoms with Crippen LogP contribution < -0.4 is 10.1 Å². The molecule has 0 saturated heterocycles. The molecule has 1 aromatic carbocycles. The van der Waals surface area contributed by atoms with Gasteiger partial charge in [-0.2, -0.15) is 0 Å². The van der Waals surface area contributed by atoms with Crippen molar-refractivity contribution in [1.29, 1.82) is 0 Å². The predicted molar refractivity (Wildman–Crippen MR) is 70.4 cm³/mol. The predicted octanol–water partition coefficient (Wildman–Crippen LogP) is 3.37. The van der Waals surface area contributed by atoms with Gasteiger partial charge in [-0.05, 0) is 18.2 Å². The van der Waals surface area contributed by atoms with Crippen LogP contribution in [0.1, 0.15) is 10.4 Å². The van der Waals surface area contributed by atoms with Gasteiger partial charge in [0.2, 0.25) is 0 Å². The van der Waals surface area contributed by atoms with E-state index in [9.17, 15) is 4.79 Å². The van der Waals surface area contributed by atoms with Gasteiger partial charge in [0.25, 0.3) is 0 Å². The Morgan fingerprint density at radius 3 is 3.00 bits per heavy atom. The summed E-state index contributed by atoms with van der Waals surface area (Å²) in [5.74, 6) is 1.17. The maximum absolute atomic E-state index is 11.4. The highest BCUT2D eigenvalue weighted by Gasteiger charge is 2.19. The third-order valence-corrected chi connectivity index (χ3v) is 2.92. The smallest absolute Gasteiger partial charge is 0.339 e. The van der Waals surface area contributed by atoms with Crippen molar-refractivity contribution in [1.82, 2.24) is 4.98 Å². The number of methoxy groups -OCH3 is 1. The molecule has 96 valence electrons. The Morgan fingerprint density at radius 2 is 2.21 bits per heavy atom. The minimum absolute atomic E-state index is 0.334. The first kappa shape index (κ1) is 11.8. The Balaban J connectivity index is 2.00. The van der Waals surface area contributed by atoms with E-state index in [-0.39, 0.29) is 0 Å². The molecule has 0 atom stereocenters. The molecule has 5 nitrogen and oxygen atoms in total. The average Bonchev–Trinajstić information content (AvgIpc) is 2.43. The Bertz CT molecular complexity index is 673. The summed E-state index contributed by atoms with van der Waals surface area (Å²) in [4.78, 5) is 15.6. The number of pyridine rings is 1. The molecular weight excluding hydrogens is 268 g/mol. The largest absolute Gasteiger partial charge is 0.465 e. The fourth-order valence-corrected chi connectivity index (χ4v) is 1.95. The van der Waals surface area contributed by atoms with E-state index in [1.54, 1.807) is 24.3 Å². The summed E-state index contributed by atoms with van der Waals surface area (Å²) in [5.41, 5.74) is 1.07. The quantitative estimate of drug-likeness (QED) is 0.691. The second-order valence-electron chi connectivity index (χ2n) is 3.93. The SMILES string of the molecule is COC(=O)c1cnc2c(c1)Oc1ccc(Cl)cc1N2. The topological polar surface area (TPSA) is 60.5 Å². The Kier molecular flexibility index (Phi) is 2.76. The standard InChI is InChI=1S/C13H9ClN2O3/c1-18-13(17)7-4-11-12(15-6-7)16-9-5-8(14)2-3-10(9)19-11/h2-6H,1H3,(H,15,16). The molecule has 0 spiro atoms. The number of carbonyl (C=O) groups is 1. The minimum atomic E-state index is -0.458. The second kappa shape index (κ2) is 4.44. The average molecular weight is 277 g/mol. The van der Waals surface area contributed by atoms with Gasteiger partial charge >= 0.3 is 5.97 Å². The number of rotatable bonds is 1. The molecule has 0 radical (unpaired) electrons. The number of nitrogens with one attached hydrogen (secondary N) is 1. The van der Waals surface area contributed by atoms with Crippen molar-refractivity contribution in [3.63, 3.8) is 0 Å². The summed E-state index contributed by atoms with van der Waals surface area (Å²) in [6.07, 6.45) is 1.43. The van der Waals surface area contributed by atoms with E-state index in [4.69, 9.17) is 16.3 Å². The molecule has 0 saturated carbocycles. The van der Waals surface area contributed by atoms with Crippen LogP contribution >= 0.6 is 11.6 Å². The summed E-state index contributed by atoms with van der Waals surface area (Å²) in [5, 5.41) is 3.69. The van der Waals surface area contributed by atoms with E-state index >= 15 is 0 Å². The molecule has 0 amide bonds. The fourth-order valence-electron chi connectivity index (χ4n) is 1.78. The van der Waals surface area contributed by atoms with Gasteiger partial charge in [-0.15, -0.1) is 0 Å². The number of benzene rings is 1. The van der Waals surface area contributed by atoms with Crippen LogP contribution in [0.2, 0.25) is 5.02 Å². The van der Waals surface area contributed by atoms with Crippen molar-refractivity contribution in [3.8, 4) is 11.5 Å². The van der Waals surface area contributed by atoms with Crippen LogP contribution in [0.5, 0.6) is 11.5 Å². The lowest BCUT2D eigenvalue weighted by Crippen LogP contribution is -2.08. The van der Waals surface area contributed by atoms with Gasteiger partial charge in [-0.3, -0.25) is 0 Å². The molecule has 19 heavy (non-hydrogen) atoms. The first-order chi connectivity index (χ1) is 9.17. The van der Waals surface area contributed by atoms with Crippen LogP contribution in [0.15, 0.2) is 30.5 Å². The van der Waals surface area contributed by atoms with Crippen molar-refractivity contribution in [2.75, 3.05) is 12.4 Å². The lowest BCUT2D eigenvalue weighted by atomic mass is 10.2. The molecule has 0 aliphatic carbocycles. The summed E-state index contributed by atoms with van der Waals surface area (Å²) in [6, 6.07) is 6.80. The number of ether oxygens (including phenoxy) is 2. The summed E-state index contributed by atoms with van der Waals surface area (Å²) < 4.78 is 10.3. The molecule has 1 aliphatic rings. The number of anilines is 2. The summed E-state index contributed by atoms with van der Waals surface area (Å²) in [7, 11) is 1.32. The lowest BCUT2D eigenvalue weighted by molar-refractivity contribution is 0.0600. The number of hydrogen-bond acceptors (Lipinski definition) is 5. The number of hydrogen-bond donors (Lipinski definition) is 1. The first-order valence-corrected chi connectivity index (χ1v) is 5.88. The van der Waals surface area contributed by atoms with Crippen molar-refractivity contribution in [3.05, 3.63) is 41.0 Å². The molecular formula is C13H9ClN2O3. The molecule has 1 aromatic heterocycles. The van der Waals surface area contributed by atoms with Gasteiger partial charge in [0.05, 0.1) is 18.4 Å². The number of nitrogens with zero attached hydrogens (tertiary/aromatic N) is 1. The number of aromatic nitrogens is 1. The fraction of sp³-hybridized carbons (Fsp3) is 0.0769. The molecule has 1 aliphatic heterocycles. The monoisotopic (exact) mass is 276 g/mol. The number of esters is 1. The molecule has 0 bridgehead atoms. The van der Waals surface area contributed by atoms with Gasteiger partial charge < -0.3 is 14.8 Å². The van der Waals surface area contributed by atoms with Gasteiger partial charge in [-0.1, -0.05) is 11.6 Å². The zero-order chi connectivity index (χ0) is 13.4. The maximum atomic E-state index is 11.4. The molecule has 0 fully saturated rings. The van der Waals surface area contributed by atoms with Crippen LogP contribution in [-0.4, -0.2) is 18.1 Å². The van der Waals surface area contributed by atoms with E-state index in [2.05, 4.69) is 15.0 Å². The van der Waals surface area contributed by atoms with E-state index in [0.29, 0.717) is 27.9 Å². The Morgan fingerprint density at radius 1 is 1.37 bits per heavy atom. The Labute approximate surface area is 114 Å². The highest BCUT2D eigenvalue weighted by Crippen LogP contribution is 2.41. The van der Waals surface area contributed by atoms with Crippen LogP contribution in [-0.2, 0) is 4.74 Å². The lowest BCUT2D eigenvalue weighted by Gasteiger charge is -2.21. The Hall–Kier alpha value is -2.27. The first-order valence-electron chi connectivity index (χ1n) is 5.50. The normalized spacial score (nSPS) is 11.7. The van der Waals surface area contributed by atoms with Crippen molar-refractivity contribution in [2.24, 2.45) is 0 Å². The second-order valence-corrected chi connectivity index (χ2v) is 4.37. The van der Waals surface area contributed by atoms with Crippen molar-refractivity contribution >= 4 is 29.1 Å². The minimum Gasteiger partial charge on any atom is -0.465 e.